The maximum Gasteiger partial charge on any atom is 0.411 e. The summed E-state index contributed by atoms with van der Waals surface area (Å²) >= 11 is 0. The zero-order chi connectivity index (χ0) is 19.4. The standard InChI is InChI=1S/C19H16F4N2O2/c20-15-5-6-16-14(7-15)8-17(25-16)18(26)24-9-12-1-3-13(4-2-12)10-27-11-19(21,22)23/h1-8,25H,9-11H2,(H,24,26). The van der Waals surface area contributed by atoms with Gasteiger partial charge in [-0.15, -0.1) is 0 Å². The Morgan fingerprint density at radius 1 is 1.04 bits per heavy atom. The number of fused-ring (bicyclic) bond motifs is 1. The van der Waals surface area contributed by atoms with Gasteiger partial charge in [-0.25, -0.2) is 4.39 Å². The topological polar surface area (TPSA) is 54.1 Å². The molecule has 2 N–H and O–H groups in total. The number of ether oxygens (including phenoxy) is 1. The number of aromatic amines is 1. The molecule has 0 aliphatic heterocycles. The Hall–Kier alpha value is -2.87. The molecule has 1 amide bonds. The van der Waals surface area contributed by atoms with Crippen LogP contribution >= 0.6 is 0 Å². The number of carbonyl (C=O) groups excluding carboxylic acids is 1. The van der Waals surface area contributed by atoms with Crippen molar-refractivity contribution in [1.82, 2.24) is 10.3 Å². The van der Waals surface area contributed by atoms with E-state index in [4.69, 9.17) is 0 Å². The van der Waals surface area contributed by atoms with Gasteiger partial charge in [0, 0.05) is 17.4 Å². The lowest BCUT2D eigenvalue weighted by atomic mass is 10.1. The minimum Gasteiger partial charge on any atom is -0.367 e. The zero-order valence-electron chi connectivity index (χ0n) is 14.1. The number of halogens is 4. The molecule has 0 bridgehead atoms. The highest BCUT2D eigenvalue weighted by molar-refractivity contribution is 5.97. The van der Waals surface area contributed by atoms with Crippen molar-refractivity contribution < 1.29 is 27.1 Å². The Morgan fingerprint density at radius 3 is 2.44 bits per heavy atom. The summed E-state index contributed by atoms with van der Waals surface area (Å²) in [5.74, 6) is -0.725. The molecule has 0 spiro atoms. The van der Waals surface area contributed by atoms with Crippen LogP contribution < -0.4 is 5.32 Å². The molecule has 0 aliphatic rings. The molecule has 2 aromatic carbocycles. The minimum absolute atomic E-state index is 0.141. The Labute approximate surface area is 152 Å². The first kappa shape index (κ1) is 18.9. The van der Waals surface area contributed by atoms with Crippen molar-refractivity contribution in [1.29, 1.82) is 0 Å². The molecule has 0 saturated carbocycles. The normalized spacial score (nSPS) is 11.7. The Morgan fingerprint density at radius 2 is 1.74 bits per heavy atom. The van der Waals surface area contributed by atoms with E-state index in [1.807, 2.05) is 0 Å². The first-order chi connectivity index (χ1) is 12.8. The maximum absolute atomic E-state index is 13.2. The van der Waals surface area contributed by atoms with Gasteiger partial charge in [0.15, 0.2) is 0 Å². The number of amides is 1. The van der Waals surface area contributed by atoms with E-state index in [0.717, 1.165) is 5.56 Å². The quantitative estimate of drug-likeness (QED) is 0.626. The highest BCUT2D eigenvalue weighted by atomic mass is 19.4. The lowest BCUT2D eigenvalue weighted by Crippen LogP contribution is -2.23. The zero-order valence-corrected chi connectivity index (χ0v) is 14.1. The first-order valence-corrected chi connectivity index (χ1v) is 8.09. The second-order valence-electron chi connectivity index (χ2n) is 6.02. The van der Waals surface area contributed by atoms with Gasteiger partial charge in [0.2, 0.25) is 0 Å². The van der Waals surface area contributed by atoms with Gasteiger partial charge in [0.25, 0.3) is 5.91 Å². The monoisotopic (exact) mass is 380 g/mol. The van der Waals surface area contributed by atoms with Crippen molar-refractivity contribution in [3.05, 3.63) is 71.2 Å². The van der Waals surface area contributed by atoms with Crippen LogP contribution in [0.2, 0.25) is 0 Å². The number of nitrogens with one attached hydrogen (secondary N) is 2. The van der Waals surface area contributed by atoms with Crippen molar-refractivity contribution >= 4 is 16.8 Å². The van der Waals surface area contributed by atoms with Gasteiger partial charge in [0.05, 0.1) is 6.61 Å². The van der Waals surface area contributed by atoms with Crippen molar-refractivity contribution in [2.45, 2.75) is 19.3 Å². The number of aromatic nitrogens is 1. The van der Waals surface area contributed by atoms with Crippen LogP contribution in [0.5, 0.6) is 0 Å². The number of H-pyrrole nitrogens is 1. The molecule has 4 nitrogen and oxygen atoms in total. The maximum atomic E-state index is 13.2. The van der Waals surface area contributed by atoms with Gasteiger partial charge in [0.1, 0.15) is 18.1 Å². The van der Waals surface area contributed by atoms with Crippen LogP contribution in [0.1, 0.15) is 21.6 Å². The molecule has 0 radical (unpaired) electrons. The second kappa shape index (κ2) is 7.79. The third kappa shape index (κ3) is 5.30. The molecule has 0 fully saturated rings. The molecule has 0 atom stereocenters. The molecule has 1 aromatic heterocycles. The van der Waals surface area contributed by atoms with Gasteiger partial charge in [-0.2, -0.15) is 13.2 Å². The lowest BCUT2D eigenvalue weighted by Gasteiger charge is -2.08. The lowest BCUT2D eigenvalue weighted by molar-refractivity contribution is -0.176. The van der Waals surface area contributed by atoms with Gasteiger partial charge in [-0.05, 0) is 35.4 Å². The van der Waals surface area contributed by atoms with Crippen LogP contribution in [-0.4, -0.2) is 23.7 Å². The predicted octanol–water partition coefficient (Wildman–Crippen LogP) is 4.32. The smallest absolute Gasteiger partial charge is 0.367 e. The fourth-order valence-electron chi connectivity index (χ4n) is 2.54. The summed E-state index contributed by atoms with van der Waals surface area (Å²) in [6, 6.07) is 12.5. The number of hydrogen-bond donors (Lipinski definition) is 2. The molecule has 0 aliphatic carbocycles. The Bertz CT molecular complexity index is 933. The summed E-state index contributed by atoms with van der Waals surface area (Å²) in [4.78, 5) is 15.1. The molecule has 8 heteroatoms. The average molecular weight is 380 g/mol. The van der Waals surface area contributed by atoms with Crippen molar-refractivity contribution in [2.75, 3.05) is 6.61 Å². The number of alkyl halides is 3. The molecule has 3 rings (SSSR count). The first-order valence-electron chi connectivity index (χ1n) is 8.09. The molecule has 3 aromatic rings. The Balaban J connectivity index is 1.53. The number of hydrogen-bond acceptors (Lipinski definition) is 2. The van der Waals surface area contributed by atoms with E-state index < -0.39 is 12.8 Å². The average Bonchev–Trinajstić information content (AvgIpc) is 3.03. The van der Waals surface area contributed by atoms with Gasteiger partial charge >= 0.3 is 6.18 Å². The van der Waals surface area contributed by atoms with E-state index in [-0.39, 0.29) is 24.9 Å². The van der Waals surface area contributed by atoms with E-state index in [1.165, 1.54) is 12.1 Å². The summed E-state index contributed by atoms with van der Waals surface area (Å²) in [6.07, 6.45) is -4.35. The fourth-order valence-corrected chi connectivity index (χ4v) is 2.54. The molecular weight excluding hydrogens is 364 g/mol. The summed E-state index contributed by atoms with van der Waals surface area (Å²) in [6.45, 7) is -1.19. The van der Waals surface area contributed by atoms with Crippen LogP contribution in [0.15, 0.2) is 48.5 Å². The van der Waals surface area contributed by atoms with E-state index in [2.05, 4.69) is 15.0 Å². The van der Waals surface area contributed by atoms with E-state index in [0.29, 0.717) is 22.2 Å². The predicted molar refractivity (Wildman–Crippen MR) is 91.6 cm³/mol. The largest absolute Gasteiger partial charge is 0.411 e. The molecule has 1 heterocycles. The third-order valence-electron chi connectivity index (χ3n) is 3.84. The summed E-state index contributed by atoms with van der Waals surface area (Å²) in [7, 11) is 0. The van der Waals surface area contributed by atoms with Crippen LogP contribution in [0.4, 0.5) is 17.6 Å². The molecule has 27 heavy (non-hydrogen) atoms. The Kier molecular flexibility index (Phi) is 5.46. The molecular formula is C19H16F4N2O2. The van der Waals surface area contributed by atoms with E-state index in [9.17, 15) is 22.4 Å². The minimum atomic E-state index is -4.35. The van der Waals surface area contributed by atoms with Crippen molar-refractivity contribution in [3.63, 3.8) is 0 Å². The highest BCUT2D eigenvalue weighted by Gasteiger charge is 2.27. The third-order valence-corrected chi connectivity index (χ3v) is 3.84. The molecule has 0 saturated heterocycles. The van der Waals surface area contributed by atoms with Crippen LogP contribution in [0.3, 0.4) is 0 Å². The second-order valence-corrected chi connectivity index (χ2v) is 6.02. The van der Waals surface area contributed by atoms with Crippen molar-refractivity contribution in [3.8, 4) is 0 Å². The van der Waals surface area contributed by atoms with Gasteiger partial charge in [-0.1, -0.05) is 24.3 Å². The van der Waals surface area contributed by atoms with Crippen LogP contribution in [0.25, 0.3) is 10.9 Å². The number of benzene rings is 2. The molecule has 0 unspecified atom stereocenters. The SMILES string of the molecule is O=C(NCc1ccc(COCC(F)(F)F)cc1)c1cc2cc(F)ccc2[nH]1. The summed E-state index contributed by atoms with van der Waals surface area (Å²) in [5.41, 5.74) is 2.36. The van der Waals surface area contributed by atoms with Crippen LogP contribution in [0, 0.1) is 5.82 Å². The summed E-state index contributed by atoms with van der Waals surface area (Å²) < 4.78 is 53.9. The van der Waals surface area contributed by atoms with E-state index in [1.54, 1.807) is 36.4 Å². The van der Waals surface area contributed by atoms with Gasteiger partial charge < -0.3 is 15.0 Å². The van der Waals surface area contributed by atoms with Crippen molar-refractivity contribution in [2.24, 2.45) is 0 Å². The van der Waals surface area contributed by atoms with Crippen LogP contribution in [-0.2, 0) is 17.9 Å². The highest BCUT2D eigenvalue weighted by Crippen LogP contribution is 2.17. The van der Waals surface area contributed by atoms with E-state index >= 15 is 0 Å². The van der Waals surface area contributed by atoms with Gasteiger partial charge in [-0.3, -0.25) is 4.79 Å². The number of rotatable bonds is 6. The fraction of sp³-hybridized carbons (Fsp3) is 0.211. The summed E-state index contributed by atoms with van der Waals surface area (Å²) in [5, 5.41) is 3.33. The number of carbonyl (C=O) groups is 1. The molecule has 142 valence electrons.